The molecule has 1 heterocycles. The van der Waals surface area contributed by atoms with Gasteiger partial charge in [-0.3, -0.25) is 14.9 Å². The molecule has 6 nitrogen and oxygen atoms in total. The van der Waals surface area contributed by atoms with Crippen LogP contribution in [0.5, 0.6) is 0 Å². The highest BCUT2D eigenvalue weighted by molar-refractivity contribution is 5.80. The maximum absolute atomic E-state index is 12.9. The SMILES string of the molecule is CN(C(=O)Cc1ccc(C(F)(F)F)cc1[N+](=O)[O-])C1CCCCC1C1CCCN1. The number of nitrogens with zero attached hydrogens (tertiary/aromatic N) is 2. The maximum atomic E-state index is 12.9. The zero-order valence-corrected chi connectivity index (χ0v) is 16.4. The van der Waals surface area contributed by atoms with Crippen LogP contribution in [-0.2, 0) is 17.4 Å². The molecule has 9 heteroatoms. The molecule has 1 N–H and O–H groups in total. The Morgan fingerprint density at radius 3 is 2.59 bits per heavy atom. The van der Waals surface area contributed by atoms with Crippen molar-refractivity contribution in [3.05, 3.63) is 39.4 Å². The number of rotatable bonds is 5. The summed E-state index contributed by atoms with van der Waals surface area (Å²) in [6.45, 7) is 0.975. The topological polar surface area (TPSA) is 75.5 Å². The first-order chi connectivity index (χ1) is 13.7. The zero-order chi connectivity index (χ0) is 21.2. The second-order valence-corrected chi connectivity index (χ2v) is 8.00. The van der Waals surface area contributed by atoms with Crippen LogP contribution in [0.2, 0.25) is 0 Å². The minimum absolute atomic E-state index is 0.00574. The average Bonchev–Trinajstić information content (AvgIpc) is 3.21. The molecule has 1 amide bonds. The van der Waals surface area contributed by atoms with Crippen LogP contribution in [0.15, 0.2) is 18.2 Å². The van der Waals surface area contributed by atoms with Crippen molar-refractivity contribution in [3.8, 4) is 0 Å². The number of nitro benzene ring substituents is 1. The third-order valence-electron chi connectivity index (χ3n) is 6.24. The molecule has 0 aromatic heterocycles. The molecule has 3 unspecified atom stereocenters. The van der Waals surface area contributed by atoms with Gasteiger partial charge in [0, 0.05) is 30.8 Å². The molecular formula is C20H26F3N3O3. The smallest absolute Gasteiger partial charge is 0.342 e. The quantitative estimate of drug-likeness (QED) is 0.586. The lowest BCUT2D eigenvalue weighted by atomic mass is 9.78. The summed E-state index contributed by atoms with van der Waals surface area (Å²) >= 11 is 0. The van der Waals surface area contributed by atoms with E-state index in [9.17, 15) is 28.1 Å². The number of hydrogen-bond acceptors (Lipinski definition) is 4. The summed E-state index contributed by atoms with van der Waals surface area (Å²) in [6, 6.07) is 2.76. The zero-order valence-electron chi connectivity index (χ0n) is 16.4. The first-order valence-corrected chi connectivity index (χ1v) is 10.0. The molecule has 2 fully saturated rings. The van der Waals surface area contributed by atoms with Crippen LogP contribution in [0.1, 0.15) is 49.7 Å². The molecule has 1 aromatic rings. The summed E-state index contributed by atoms with van der Waals surface area (Å²) in [7, 11) is 1.70. The molecule has 0 bridgehead atoms. The number of alkyl halides is 3. The minimum Gasteiger partial charge on any atom is -0.342 e. The molecule has 1 saturated heterocycles. The van der Waals surface area contributed by atoms with E-state index in [1.54, 1.807) is 11.9 Å². The van der Waals surface area contributed by atoms with Crippen LogP contribution in [-0.4, -0.2) is 41.4 Å². The van der Waals surface area contributed by atoms with Crippen molar-refractivity contribution in [2.24, 2.45) is 5.92 Å². The first-order valence-electron chi connectivity index (χ1n) is 10.0. The fourth-order valence-corrected chi connectivity index (χ4v) is 4.70. The number of carbonyl (C=O) groups is 1. The Bertz CT molecular complexity index is 763. The van der Waals surface area contributed by atoms with Crippen LogP contribution in [0.4, 0.5) is 18.9 Å². The highest BCUT2D eigenvalue weighted by atomic mass is 19.4. The van der Waals surface area contributed by atoms with Crippen LogP contribution in [0.3, 0.4) is 0 Å². The molecule has 0 radical (unpaired) electrons. The lowest BCUT2D eigenvalue weighted by Crippen LogP contribution is -2.50. The highest BCUT2D eigenvalue weighted by Crippen LogP contribution is 2.35. The summed E-state index contributed by atoms with van der Waals surface area (Å²) in [4.78, 5) is 25.0. The monoisotopic (exact) mass is 413 g/mol. The average molecular weight is 413 g/mol. The molecule has 1 saturated carbocycles. The number of carbonyl (C=O) groups excluding carboxylic acids is 1. The predicted molar refractivity (Wildman–Crippen MR) is 101 cm³/mol. The normalized spacial score (nSPS) is 25.0. The Morgan fingerprint density at radius 2 is 1.97 bits per heavy atom. The number of amides is 1. The molecule has 1 aromatic carbocycles. The fourth-order valence-electron chi connectivity index (χ4n) is 4.70. The molecular weight excluding hydrogens is 387 g/mol. The third kappa shape index (κ3) is 4.88. The fraction of sp³-hybridized carbons (Fsp3) is 0.650. The van der Waals surface area contributed by atoms with Crippen molar-refractivity contribution in [3.63, 3.8) is 0 Å². The van der Waals surface area contributed by atoms with Gasteiger partial charge in [0.2, 0.25) is 5.91 Å². The Kier molecular flexibility index (Phi) is 6.45. The molecule has 29 heavy (non-hydrogen) atoms. The van der Waals surface area contributed by atoms with Gasteiger partial charge >= 0.3 is 6.18 Å². The van der Waals surface area contributed by atoms with Crippen molar-refractivity contribution < 1.29 is 22.9 Å². The molecule has 0 spiro atoms. The summed E-state index contributed by atoms with van der Waals surface area (Å²) in [5, 5.41) is 14.8. The van der Waals surface area contributed by atoms with Crippen molar-refractivity contribution in [1.29, 1.82) is 0 Å². The van der Waals surface area contributed by atoms with Gasteiger partial charge in [-0.15, -0.1) is 0 Å². The van der Waals surface area contributed by atoms with E-state index in [2.05, 4.69) is 5.32 Å². The lowest BCUT2D eigenvalue weighted by Gasteiger charge is -2.41. The van der Waals surface area contributed by atoms with Gasteiger partial charge in [-0.1, -0.05) is 18.9 Å². The summed E-state index contributed by atoms with van der Waals surface area (Å²) in [5.41, 5.74) is -1.75. The van der Waals surface area contributed by atoms with Gasteiger partial charge in [-0.25, -0.2) is 0 Å². The Balaban J connectivity index is 1.77. The van der Waals surface area contributed by atoms with Crippen LogP contribution < -0.4 is 5.32 Å². The second-order valence-electron chi connectivity index (χ2n) is 8.00. The predicted octanol–water partition coefficient (Wildman–Crippen LogP) is 3.93. The maximum Gasteiger partial charge on any atom is 0.416 e. The van der Waals surface area contributed by atoms with Crippen LogP contribution in [0, 0.1) is 16.0 Å². The molecule has 3 rings (SSSR count). The minimum atomic E-state index is -4.67. The third-order valence-corrected chi connectivity index (χ3v) is 6.24. The van der Waals surface area contributed by atoms with Gasteiger partial charge in [0.1, 0.15) is 0 Å². The van der Waals surface area contributed by atoms with Crippen molar-refractivity contribution >= 4 is 11.6 Å². The lowest BCUT2D eigenvalue weighted by molar-refractivity contribution is -0.385. The number of hydrogen-bond donors (Lipinski definition) is 1. The molecule has 2 aliphatic rings. The van der Waals surface area contributed by atoms with E-state index in [0.717, 1.165) is 57.2 Å². The number of benzene rings is 1. The van der Waals surface area contributed by atoms with E-state index in [1.165, 1.54) is 0 Å². The van der Waals surface area contributed by atoms with Crippen molar-refractivity contribution in [2.75, 3.05) is 13.6 Å². The number of nitro groups is 1. The van der Waals surface area contributed by atoms with Crippen molar-refractivity contribution in [2.45, 2.75) is 63.2 Å². The Labute approximate surface area is 167 Å². The van der Waals surface area contributed by atoms with Crippen molar-refractivity contribution in [1.82, 2.24) is 10.2 Å². The Morgan fingerprint density at radius 1 is 1.24 bits per heavy atom. The van der Waals surface area contributed by atoms with Gasteiger partial charge in [0.15, 0.2) is 0 Å². The van der Waals surface area contributed by atoms with Crippen LogP contribution in [0.25, 0.3) is 0 Å². The van der Waals surface area contributed by atoms with E-state index in [0.29, 0.717) is 18.0 Å². The van der Waals surface area contributed by atoms with Gasteiger partial charge in [0.05, 0.1) is 16.9 Å². The Hall–Kier alpha value is -2.16. The van der Waals surface area contributed by atoms with Gasteiger partial charge in [0.25, 0.3) is 5.69 Å². The molecule has 3 atom stereocenters. The largest absolute Gasteiger partial charge is 0.416 e. The highest BCUT2D eigenvalue weighted by Gasteiger charge is 2.37. The molecule has 1 aliphatic heterocycles. The number of halogens is 3. The summed E-state index contributed by atoms with van der Waals surface area (Å²) < 4.78 is 38.7. The summed E-state index contributed by atoms with van der Waals surface area (Å²) in [6.07, 6.45) is 1.27. The van der Waals surface area contributed by atoms with E-state index >= 15 is 0 Å². The first kappa shape index (κ1) is 21.5. The standard InChI is InChI=1S/C20H26F3N3O3/c1-25(17-7-3-2-5-15(17)16-6-4-10-24-16)19(27)11-13-8-9-14(20(21,22)23)12-18(13)26(28)29/h8-9,12,15-17,24H,2-7,10-11H2,1H3. The number of nitrogens with one attached hydrogen (secondary N) is 1. The van der Waals surface area contributed by atoms with E-state index < -0.39 is 22.4 Å². The second kappa shape index (κ2) is 8.69. The van der Waals surface area contributed by atoms with Gasteiger partial charge < -0.3 is 10.2 Å². The molecule has 160 valence electrons. The van der Waals surface area contributed by atoms with Gasteiger partial charge in [-0.2, -0.15) is 13.2 Å². The van der Waals surface area contributed by atoms with Gasteiger partial charge in [-0.05, 0) is 44.2 Å². The summed E-state index contributed by atoms with van der Waals surface area (Å²) in [5.74, 6) is 0.0329. The van der Waals surface area contributed by atoms with E-state index in [4.69, 9.17) is 0 Å². The number of likely N-dealkylation sites (N-methyl/N-ethyl adjacent to an activating group) is 1. The van der Waals surface area contributed by atoms with E-state index in [1.807, 2.05) is 0 Å². The van der Waals surface area contributed by atoms with Crippen LogP contribution >= 0.6 is 0 Å². The molecule has 1 aliphatic carbocycles. The van der Waals surface area contributed by atoms with E-state index in [-0.39, 0.29) is 23.9 Å².